The number of amides is 1. The molecule has 0 heterocycles. The summed E-state index contributed by atoms with van der Waals surface area (Å²) in [6, 6.07) is 8.05. The highest BCUT2D eigenvalue weighted by Crippen LogP contribution is 2.13. The Morgan fingerprint density at radius 3 is 2.19 bits per heavy atom. The van der Waals surface area contributed by atoms with E-state index in [1.807, 2.05) is 43.3 Å². The summed E-state index contributed by atoms with van der Waals surface area (Å²) < 4.78 is 4.81. The lowest BCUT2D eigenvalue weighted by Crippen LogP contribution is -2.26. The zero-order valence-corrected chi connectivity index (χ0v) is 13.3. The Hall–Kier alpha value is -2.04. The molecule has 0 bridgehead atoms. The number of carbonyl (C=O) groups is 2. The maximum absolute atomic E-state index is 11.9. The van der Waals surface area contributed by atoms with Gasteiger partial charge in [0.15, 0.2) is 0 Å². The minimum absolute atomic E-state index is 0.0558. The third-order valence-corrected chi connectivity index (χ3v) is 3.15. The summed E-state index contributed by atoms with van der Waals surface area (Å²) in [6.45, 7) is 2.64. The fourth-order valence-electron chi connectivity index (χ4n) is 1.89. The highest BCUT2D eigenvalue weighted by atomic mass is 16.5. The molecule has 1 amide bonds. The maximum Gasteiger partial charge on any atom is 0.306 e. The minimum atomic E-state index is -0.324. The molecule has 1 rings (SSSR count). The fourth-order valence-corrected chi connectivity index (χ4v) is 1.89. The van der Waals surface area contributed by atoms with Crippen LogP contribution in [0.2, 0.25) is 0 Å². The Kier molecular flexibility index (Phi) is 6.72. The molecule has 0 N–H and O–H groups in total. The van der Waals surface area contributed by atoms with E-state index < -0.39 is 0 Å². The Labute approximate surface area is 126 Å². The molecule has 0 aliphatic carbocycles. The molecule has 0 unspecified atom stereocenters. The van der Waals surface area contributed by atoms with Crippen molar-refractivity contribution in [1.29, 1.82) is 0 Å². The normalized spacial score (nSPS) is 10.1. The molecule has 116 valence electrons. The van der Waals surface area contributed by atoms with Crippen molar-refractivity contribution < 1.29 is 14.3 Å². The van der Waals surface area contributed by atoms with Crippen LogP contribution in [0.1, 0.15) is 25.3 Å². The average Bonchev–Trinajstić information content (AvgIpc) is 2.45. The average molecular weight is 292 g/mol. The van der Waals surface area contributed by atoms with Gasteiger partial charge in [-0.05, 0) is 24.6 Å². The molecule has 0 spiro atoms. The van der Waals surface area contributed by atoms with Crippen LogP contribution in [0.3, 0.4) is 0 Å². The van der Waals surface area contributed by atoms with Crippen molar-refractivity contribution in [3.05, 3.63) is 29.8 Å². The summed E-state index contributed by atoms with van der Waals surface area (Å²) in [5, 5.41) is 0. The second-order valence-electron chi connectivity index (χ2n) is 5.12. The molecular weight excluding hydrogens is 268 g/mol. The first kappa shape index (κ1) is 17.0. The van der Waals surface area contributed by atoms with E-state index in [9.17, 15) is 9.59 Å². The van der Waals surface area contributed by atoms with Gasteiger partial charge < -0.3 is 14.5 Å². The van der Waals surface area contributed by atoms with Gasteiger partial charge in [0.1, 0.15) is 0 Å². The van der Waals surface area contributed by atoms with Crippen LogP contribution < -0.4 is 4.90 Å². The van der Waals surface area contributed by atoms with Crippen molar-refractivity contribution in [2.24, 2.45) is 0 Å². The number of ether oxygens (including phenoxy) is 1. The van der Waals surface area contributed by atoms with Crippen LogP contribution in [0.25, 0.3) is 0 Å². The molecule has 0 aromatic heterocycles. The molecule has 0 atom stereocenters. The number of nitrogens with zero attached hydrogens (tertiary/aromatic N) is 2. The molecule has 0 fully saturated rings. The van der Waals surface area contributed by atoms with Crippen molar-refractivity contribution >= 4 is 17.6 Å². The van der Waals surface area contributed by atoms with Gasteiger partial charge in [0.25, 0.3) is 0 Å². The first-order chi connectivity index (χ1) is 9.93. The predicted molar refractivity (Wildman–Crippen MR) is 83.1 cm³/mol. The van der Waals surface area contributed by atoms with Crippen molar-refractivity contribution in [3.8, 4) is 0 Å². The Bertz CT molecular complexity index is 469. The second kappa shape index (κ2) is 8.29. The van der Waals surface area contributed by atoms with Crippen molar-refractivity contribution in [1.82, 2.24) is 4.90 Å². The first-order valence-corrected chi connectivity index (χ1v) is 7.10. The molecule has 21 heavy (non-hydrogen) atoms. The fraction of sp³-hybridized carbons (Fsp3) is 0.500. The highest BCUT2D eigenvalue weighted by molar-refractivity contribution is 5.81. The number of benzene rings is 1. The third-order valence-electron chi connectivity index (χ3n) is 3.15. The Morgan fingerprint density at radius 2 is 1.67 bits per heavy atom. The van der Waals surface area contributed by atoms with Crippen molar-refractivity contribution in [3.63, 3.8) is 0 Å². The molecule has 0 radical (unpaired) electrons. The van der Waals surface area contributed by atoms with Crippen LogP contribution in [0.15, 0.2) is 24.3 Å². The summed E-state index contributed by atoms with van der Waals surface area (Å²) in [6.07, 6.45) is 0.321. The van der Waals surface area contributed by atoms with E-state index in [-0.39, 0.29) is 24.7 Å². The van der Waals surface area contributed by atoms with E-state index >= 15 is 0 Å². The molecule has 5 nitrogen and oxygen atoms in total. The highest BCUT2D eigenvalue weighted by Gasteiger charge is 2.12. The molecule has 0 saturated carbocycles. The number of esters is 1. The quantitative estimate of drug-likeness (QED) is 0.722. The van der Waals surface area contributed by atoms with E-state index in [1.165, 1.54) is 0 Å². The number of anilines is 1. The van der Waals surface area contributed by atoms with Crippen LogP contribution in [0, 0.1) is 0 Å². The van der Waals surface area contributed by atoms with Crippen LogP contribution in [0.4, 0.5) is 5.69 Å². The SMILES string of the molecule is CCOC(=O)CCC(=O)N(C)Cc1ccc(N(C)C)cc1. The maximum atomic E-state index is 11.9. The standard InChI is InChI=1S/C16H24N2O3/c1-5-21-16(20)11-10-15(19)18(4)12-13-6-8-14(9-7-13)17(2)3/h6-9H,5,10-12H2,1-4H3. The van der Waals surface area contributed by atoms with Crippen molar-refractivity contribution in [2.45, 2.75) is 26.3 Å². The van der Waals surface area contributed by atoms with Gasteiger partial charge in [-0.25, -0.2) is 0 Å². The van der Waals surface area contributed by atoms with E-state index in [2.05, 4.69) is 0 Å². The van der Waals surface area contributed by atoms with Gasteiger partial charge in [0.2, 0.25) is 5.91 Å². The predicted octanol–water partition coefficient (Wildman–Crippen LogP) is 2.05. The summed E-state index contributed by atoms with van der Waals surface area (Å²) in [5.41, 5.74) is 2.18. The van der Waals surface area contributed by atoms with Crippen LogP contribution in [-0.2, 0) is 20.9 Å². The van der Waals surface area contributed by atoms with Gasteiger partial charge in [0.05, 0.1) is 13.0 Å². The Balaban J connectivity index is 2.46. The number of rotatable bonds is 7. The third kappa shape index (κ3) is 5.85. The molecule has 1 aromatic carbocycles. The van der Waals surface area contributed by atoms with E-state index in [0.29, 0.717) is 13.2 Å². The first-order valence-electron chi connectivity index (χ1n) is 7.10. The lowest BCUT2D eigenvalue weighted by atomic mass is 10.2. The van der Waals surface area contributed by atoms with Gasteiger partial charge in [-0.2, -0.15) is 0 Å². The van der Waals surface area contributed by atoms with Crippen LogP contribution >= 0.6 is 0 Å². The van der Waals surface area contributed by atoms with Gasteiger partial charge >= 0.3 is 5.97 Å². The minimum Gasteiger partial charge on any atom is -0.466 e. The van der Waals surface area contributed by atoms with Gasteiger partial charge in [-0.3, -0.25) is 9.59 Å². The lowest BCUT2D eigenvalue weighted by Gasteiger charge is -2.18. The second-order valence-corrected chi connectivity index (χ2v) is 5.12. The zero-order valence-electron chi connectivity index (χ0n) is 13.3. The Morgan fingerprint density at radius 1 is 1.05 bits per heavy atom. The summed E-state index contributed by atoms with van der Waals surface area (Å²) in [5.74, 6) is -0.380. The molecule has 0 aliphatic rings. The van der Waals surface area contributed by atoms with E-state index in [4.69, 9.17) is 4.74 Å². The number of hydrogen-bond donors (Lipinski definition) is 0. The molecule has 1 aromatic rings. The van der Waals surface area contributed by atoms with Crippen LogP contribution in [-0.4, -0.2) is 44.5 Å². The summed E-state index contributed by atoms with van der Waals surface area (Å²) in [7, 11) is 5.72. The van der Waals surface area contributed by atoms with Gasteiger partial charge in [-0.15, -0.1) is 0 Å². The van der Waals surface area contributed by atoms with E-state index in [1.54, 1.807) is 18.9 Å². The smallest absolute Gasteiger partial charge is 0.306 e. The molecule has 0 saturated heterocycles. The number of hydrogen-bond acceptors (Lipinski definition) is 4. The topological polar surface area (TPSA) is 49.9 Å². The molecule has 5 heteroatoms. The monoisotopic (exact) mass is 292 g/mol. The molecular formula is C16H24N2O3. The molecule has 0 aliphatic heterocycles. The van der Waals surface area contributed by atoms with Crippen molar-refractivity contribution in [2.75, 3.05) is 32.6 Å². The van der Waals surface area contributed by atoms with E-state index in [0.717, 1.165) is 11.3 Å². The number of carbonyl (C=O) groups excluding carboxylic acids is 2. The lowest BCUT2D eigenvalue weighted by molar-refractivity contribution is -0.145. The summed E-state index contributed by atoms with van der Waals surface area (Å²) in [4.78, 5) is 26.8. The zero-order chi connectivity index (χ0) is 15.8. The van der Waals surface area contributed by atoms with Gasteiger partial charge in [-0.1, -0.05) is 12.1 Å². The van der Waals surface area contributed by atoms with Gasteiger partial charge in [0, 0.05) is 39.8 Å². The largest absolute Gasteiger partial charge is 0.466 e. The summed E-state index contributed by atoms with van der Waals surface area (Å²) >= 11 is 0. The van der Waals surface area contributed by atoms with Crippen LogP contribution in [0.5, 0.6) is 0 Å².